The van der Waals surface area contributed by atoms with Crippen LogP contribution in [0.5, 0.6) is 0 Å². The summed E-state index contributed by atoms with van der Waals surface area (Å²) in [5, 5.41) is 5.50. The van der Waals surface area contributed by atoms with Crippen molar-refractivity contribution < 1.29 is 13.6 Å². The smallest absolute Gasteiger partial charge is 0.258 e. The van der Waals surface area contributed by atoms with Gasteiger partial charge in [0.15, 0.2) is 0 Å². The third-order valence-corrected chi connectivity index (χ3v) is 3.65. The molecule has 1 aromatic heterocycles. The first-order chi connectivity index (χ1) is 12.6. The molecule has 0 saturated heterocycles. The number of nitrogens with zero attached hydrogens (tertiary/aromatic N) is 2. The number of para-hydroxylation sites is 1. The van der Waals surface area contributed by atoms with E-state index in [9.17, 15) is 13.6 Å². The van der Waals surface area contributed by atoms with Gasteiger partial charge in [-0.15, -0.1) is 0 Å². The molecule has 3 aromatic rings. The lowest BCUT2D eigenvalue weighted by molar-refractivity contribution is 0.102. The number of rotatable bonds is 6. The Kier molecular flexibility index (Phi) is 5.48. The molecule has 5 nitrogen and oxygen atoms in total. The Morgan fingerprint density at radius 2 is 1.65 bits per heavy atom. The number of hydrogen-bond acceptors (Lipinski definition) is 4. The third-order valence-electron chi connectivity index (χ3n) is 3.65. The largest absolute Gasteiger partial charge is 0.354 e. The number of amides is 1. The first kappa shape index (κ1) is 17.5. The Morgan fingerprint density at radius 3 is 2.35 bits per heavy atom. The molecule has 0 aliphatic carbocycles. The highest BCUT2D eigenvalue weighted by molar-refractivity contribution is 6.03. The van der Waals surface area contributed by atoms with Gasteiger partial charge in [0.05, 0.1) is 11.3 Å². The summed E-state index contributed by atoms with van der Waals surface area (Å²) in [6, 6.07) is 12.2. The molecule has 0 fully saturated rings. The zero-order valence-corrected chi connectivity index (χ0v) is 13.7. The fourth-order valence-electron chi connectivity index (χ4n) is 2.26. The minimum Gasteiger partial charge on any atom is -0.354 e. The predicted octanol–water partition coefficient (Wildman–Crippen LogP) is 3.66. The molecule has 2 N–H and O–H groups in total. The van der Waals surface area contributed by atoms with E-state index in [0.717, 1.165) is 5.56 Å². The number of aromatic nitrogens is 2. The highest BCUT2D eigenvalue weighted by atomic mass is 19.1. The number of carbonyl (C=O) groups is 1. The lowest BCUT2D eigenvalue weighted by Crippen LogP contribution is -2.14. The lowest BCUT2D eigenvalue weighted by Gasteiger charge is -2.07. The Balaban J connectivity index is 1.53. The van der Waals surface area contributed by atoms with E-state index in [2.05, 4.69) is 20.6 Å². The molecule has 0 radical (unpaired) electrons. The molecule has 0 saturated carbocycles. The fraction of sp³-hybridized carbons (Fsp3) is 0.105. The zero-order valence-electron chi connectivity index (χ0n) is 13.7. The van der Waals surface area contributed by atoms with Crippen LogP contribution < -0.4 is 10.6 Å². The molecule has 1 amide bonds. The summed E-state index contributed by atoms with van der Waals surface area (Å²) in [6.45, 7) is 0.562. The van der Waals surface area contributed by atoms with E-state index in [-0.39, 0.29) is 17.1 Å². The second-order valence-corrected chi connectivity index (χ2v) is 5.53. The molecule has 7 heteroatoms. The van der Waals surface area contributed by atoms with E-state index in [0.29, 0.717) is 18.9 Å². The summed E-state index contributed by atoms with van der Waals surface area (Å²) in [4.78, 5) is 20.2. The van der Waals surface area contributed by atoms with Crippen LogP contribution in [0.2, 0.25) is 0 Å². The van der Waals surface area contributed by atoms with E-state index in [1.54, 1.807) is 24.3 Å². The molecule has 132 valence electrons. The van der Waals surface area contributed by atoms with Gasteiger partial charge >= 0.3 is 0 Å². The maximum absolute atomic E-state index is 13.6. The monoisotopic (exact) mass is 354 g/mol. The van der Waals surface area contributed by atoms with Gasteiger partial charge in [-0.3, -0.25) is 4.79 Å². The van der Waals surface area contributed by atoms with E-state index in [1.165, 1.54) is 36.7 Å². The number of nitrogens with one attached hydrogen (secondary N) is 2. The van der Waals surface area contributed by atoms with Crippen LogP contribution in [-0.4, -0.2) is 22.4 Å². The van der Waals surface area contributed by atoms with Crippen LogP contribution in [0.3, 0.4) is 0 Å². The molecule has 2 aromatic carbocycles. The Hall–Kier alpha value is -3.35. The van der Waals surface area contributed by atoms with Crippen molar-refractivity contribution in [2.45, 2.75) is 6.42 Å². The third kappa shape index (κ3) is 4.60. The molecule has 1 heterocycles. The summed E-state index contributed by atoms with van der Waals surface area (Å²) < 4.78 is 26.4. The molecule has 0 unspecified atom stereocenters. The van der Waals surface area contributed by atoms with Gasteiger partial charge in [0.2, 0.25) is 5.95 Å². The quantitative estimate of drug-likeness (QED) is 0.709. The molecule has 0 aliphatic rings. The summed E-state index contributed by atoms with van der Waals surface area (Å²) in [7, 11) is 0. The molecular weight excluding hydrogens is 338 g/mol. The van der Waals surface area contributed by atoms with Gasteiger partial charge in [-0.25, -0.2) is 18.7 Å². The van der Waals surface area contributed by atoms with Crippen LogP contribution in [0.15, 0.2) is 60.9 Å². The van der Waals surface area contributed by atoms with Gasteiger partial charge in [0.25, 0.3) is 5.91 Å². The predicted molar refractivity (Wildman–Crippen MR) is 95.0 cm³/mol. The van der Waals surface area contributed by atoms with Crippen molar-refractivity contribution in [1.29, 1.82) is 0 Å². The first-order valence-electron chi connectivity index (χ1n) is 7.98. The molecular formula is C19H16F2N4O. The normalized spacial score (nSPS) is 10.4. The lowest BCUT2D eigenvalue weighted by atomic mass is 10.1. The first-order valence-corrected chi connectivity index (χ1v) is 7.98. The minimum atomic E-state index is -0.513. The Labute approximate surface area is 149 Å². The summed E-state index contributed by atoms with van der Waals surface area (Å²) in [5.41, 5.74) is 1.30. The van der Waals surface area contributed by atoms with Crippen LogP contribution in [0.1, 0.15) is 15.9 Å². The van der Waals surface area contributed by atoms with E-state index in [4.69, 9.17) is 0 Å². The van der Waals surface area contributed by atoms with Crippen molar-refractivity contribution in [1.82, 2.24) is 9.97 Å². The molecule has 0 atom stereocenters. The van der Waals surface area contributed by atoms with Gasteiger partial charge in [0.1, 0.15) is 11.6 Å². The van der Waals surface area contributed by atoms with Crippen molar-refractivity contribution >= 4 is 17.5 Å². The molecule has 3 rings (SSSR count). The van der Waals surface area contributed by atoms with Gasteiger partial charge in [-0.1, -0.05) is 24.3 Å². The Bertz CT molecular complexity index is 883. The maximum Gasteiger partial charge on any atom is 0.258 e. The zero-order chi connectivity index (χ0) is 18.4. The Morgan fingerprint density at radius 1 is 0.962 bits per heavy atom. The second kappa shape index (κ2) is 8.15. The molecule has 0 bridgehead atoms. The number of halogens is 2. The van der Waals surface area contributed by atoms with E-state index in [1.807, 2.05) is 0 Å². The minimum absolute atomic E-state index is 0.0963. The summed E-state index contributed by atoms with van der Waals surface area (Å²) in [6.07, 6.45) is 3.41. The number of carbonyl (C=O) groups excluding carboxylic acids is 1. The number of benzene rings is 2. The van der Waals surface area contributed by atoms with Crippen LogP contribution >= 0.6 is 0 Å². The molecule has 0 aliphatic heterocycles. The van der Waals surface area contributed by atoms with Gasteiger partial charge in [-0.05, 0) is 36.2 Å². The average molecular weight is 354 g/mol. The molecule has 26 heavy (non-hydrogen) atoms. The molecule has 0 spiro atoms. The van der Waals surface area contributed by atoms with Crippen LogP contribution in [-0.2, 0) is 6.42 Å². The van der Waals surface area contributed by atoms with Crippen molar-refractivity contribution in [2.24, 2.45) is 0 Å². The van der Waals surface area contributed by atoms with Gasteiger partial charge in [0, 0.05) is 18.9 Å². The highest BCUT2D eigenvalue weighted by Crippen LogP contribution is 2.14. The van der Waals surface area contributed by atoms with Crippen molar-refractivity contribution in [3.8, 4) is 0 Å². The highest BCUT2D eigenvalue weighted by Gasteiger charge is 2.10. The van der Waals surface area contributed by atoms with Crippen LogP contribution in [0.4, 0.5) is 20.4 Å². The second-order valence-electron chi connectivity index (χ2n) is 5.53. The SMILES string of the molecule is O=C(Nc1ccccc1F)c1cnc(NCCc2ccc(F)cc2)nc1. The average Bonchev–Trinajstić information content (AvgIpc) is 2.66. The topological polar surface area (TPSA) is 66.9 Å². The van der Waals surface area contributed by atoms with Gasteiger partial charge < -0.3 is 10.6 Å². The standard InChI is InChI=1S/C19H16F2N4O/c20-15-7-5-13(6-8-15)9-10-22-19-23-11-14(12-24-19)18(26)25-17-4-2-1-3-16(17)21/h1-8,11-12H,9-10H2,(H,25,26)(H,22,23,24). The van der Waals surface area contributed by atoms with Gasteiger partial charge in [-0.2, -0.15) is 0 Å². The van der Waals surface area contributed by atoms with E-state index >= 15 is 0 Å². The van der Waals surface area contributed by atoms with E-state index < -0.39 is 11.7 Å². The van der Waals surface area contributed by atoms with Crippen LogP contribution in [0, 0.1) is 11.6 Å². The number of hydrogen-bond donors (Lipinski definition) is 2. The van der Waals surface area contributed by atoms with Crippen molar-refractivity contribution in [3.63, 3.8) is 0 Å². The summed E-state index contributed by atoms with van der Waals surface area (Å²) >= 11 is 0. The van der Waals surface area contributed by atoms with Crippen molar-refractivity contribution in [3.05, 3.63) is 83.7 Å². The fourth-order valence-corrected chi connectivity index (χ4v) is 2.26. The maximum atomic E-state index is 13.6. The number of anilines is 2. The summed E-state index contributed by atoms with van der Waals surface area (Å²) in [5.74, 6) is -0.905. The van der Waals surface area contributed by atoms with Crippen molar-refractivity contribution in [2.75, 3.05) is 17.2 Å². The van der Waals surface area contributed by atoms with Crippen LogP contribution in [0.25, 0.3) is 0 Å².